The quantitative estimate of drug-likeness (QED) is 0.539. The fraction of sp³-hybridized carbons (Fsp3) is 0.500. The van der Waals surface area contributed by atoms with Crippen LogP contribution < -0.4 is 5.73 Å². The highest BCUT2D eigenvalue weighted by Crippen LogP contribution is 2.36. The third-order valence-electron chi connectivity index (χ3n) is 2.36. The van der Waals surface area contributed by atoms with E-state index < -0.39 is 18.2 Å². The van der Waals surface area contributed by atoms with Gasteiger partial charge in [-0.15, -0.1) is 0 Å². The summed E-state index contributed by atoms with van der Waals surface area (Å²) in [5, 5.41) is 8.91. The Hall–Kier alpha value is -1.72. The number of carboxylic acids is 1. The van der Waals surface area contributed by atoms with Crippen LogP contribution in [0.1, 0.15) is 13.3 Å². The third kappa shape index (κ3) is 0.966. The molecule has 2 heterocycles. The number of carboxylic acid groups (broad SMARTS) is 1. The minimum absolute atomic E-state index is 0.188. The summed E-state index contributed by atoms with van der Waals surface area (Å²) in [7, 11) is 0. The number of carbonyl (C=O) groups is 2. The Bertz CT molecular complexity index is 345. The SMILES string of the molecule is C/C(N)=C1/O[C@H]2CC(=O)N2[C@@H]1C(=O)O. The van der Waals surface area contributed by atoms with E-state index in [1.54, 1.807) is 6.92 Å². The zero-order valence-corrected chi connectivity index (χ0v) is 7.56. The number of hydrogen-bond donors (Lipinski definition) is 2. The number of ether oxygens (including phenoxy) is 1. The van der Waals surface area contributed by atoms with Crippen LogP contribution in [-0.2, 0) is 14.3 Å². The van der Waals surface area contributed by atoms with Crippen molar-refractivity contribution >= 4 is 11.9 Å². The molecule has 2 aliphatic heterocycles. The Morgan fingerprint density at radius 3 is 2.79 bits per heavy atom. The van der Waals surface area contributed by atoms with Gasteiger partial charge in [0, 0.05) is 5.70 Å². The summed E-state index contributed by atoms with van der Waals surface area (Å²) in [6.07, 6.45) is -0.197. The fourth-order valence-corrected chi connectivity index (χ4v) is 1.69. The molecule has 0 radical (unpaired) electrons. The smallest absolute Gasteiger partial charge is 0.334 e. The first-order chi connectivity index (χ1) is 6.52. The highest BCUT2D eigenvalue weighted by molar-refractivity contribution is 5.91. The Morgan fingerprint density at radius 1 is 1.71 bits per heavy atom. The number of aliphatic carboxylic acids is 1. The van der Waals surface area contributed by atoms with Crippen molar-refractivity contribution in [2.45, 2.75) is 25.6 Å². The monoisotopic (exact) mass is 198 g/mol. The predicted molar refractivity (Wildman–Crippen MR) is 44.6 cm³/mol. The molecule has 2 saturated heterocycles. The van der Waals surface area contributed by atoms with E-state index in [1.807, 2.05) is 0 Å². The van der Waals surface area contributed by atoms with Crippen LogP contribution in [0.3, 0.4) is 0 Å². The van der Waals surface area contributed by atoms with Crippen molar-refractivity contribution in [3.8, 4) is 0 Å². The highest BCUT2D eigenvalue weighted by Gasteiger charge is 2.54. The molecule has 1 amide bonds. The van der Waals surface area contributed by atoms with E-state index in [9.17, 15) is 9.59 Å². The molecule has 0 aliphatic carbocycles. The lowest BCUT2D eigenvalue weighted by Gasteiger charge is -2.33. The van der Waals surface area contributed by atoms with Crippen molar-refractivity contribution in [3.05, 3.63) is 11.5 Å². The molecular weight excluding hydrogens is 188 g/mol. The molecular formula is C8H10N2O4. The van der Waals surface area contributed by atoms with E-state index in [2.05, 4.69) is 0 Å². The molecule has 0 unspecified atom stereocenters. The Balaban J connectivity index is 2.36. The van der Waals surface area contributed by atoms with Crippen LogP contribution in [0.2, 0.25) is 0 Å². The maximum atomic E-state index is 11.1. The molecule has 2 aliphatic rings. The summed E-state index contributed by atoms with van der Waals surface area (Å²) in [6.45, 7) is 1.56. The van der Waals surface area contributed by atoms with E-state index in [1.165, 1.54) is 4.90 Å². The molecule has 0 aromatic heterocycles. The van der Waals surface area contributed by atoms with E-state index in [0.29, 0.717) is 5.70 Å². The van der Waals surface area contributed by atoms with E-state index in [4.69, 9.17) is 15.6 Å². The second-order valence-electron chi connectivity index (χ2n) is 3.37. The molecule has 6 nitrogen and oxygen atoms in total. The summed E-state index contributed by atoms with van der Waals surface area (Å²) in [5.74, 6) is -1.13. The maximum Gasteiger partial charge on any atom is 0.334 e. The Kier molecular flexibility index (Phi) is 1.67. The second kappa shape index (κ2) is 2.63. The lowest BCUT2D eigenvalue weighted by Crippen LogP contribution is -2.54. The highest BCUT2D eigenvalue weighted by atomic mass is 16.5. The van der Waals surface area contributed by atoms with Gasteiger partial charge in [0.1, 0.15) is 0 Å². The lowest BCUT2D eigenvalue weighted by atomic mass is 10.1. The van der Waals surface area contributed by atoms with Gasteiger partial charge in [-0.25, -0.2) is 4.79 Å². The number of β-lactam (4-membered cyclic amide) rings is 1. The molecule has 76 valence electrons. The molecule has 0 aromatic rings. The van der Waals surface area contributed by atoms with Gasteiger partial charge in [-0.1, -0.05) is 0 Å². The first-order valence-corrected chi connectivity index (χ1v) is 4.19. The first-order valence-electron chi connectivity index (χ1n) is 4.19. The average molecular weight is 198 g/mol. The molecule has 3 N–H and O–H groups in total. The van der Waals surface area contributed by atoms with Crippen LogP contribution in [-0.4, -0.2) is 34.2 Å². The summed E-state index contributed by atoms with van der Waals surface area (Å²) in [4.78, 5) is 23.2. The largest absolute Gasteiger partial charge is 0.479 e. The van der Waals surface area contributed by atoms with Gasteiger partial charge in [0.2, 0.25) is 5.91 Å². The lowest BCUT2D eigenvalue weighted by molar-refractivity contribution is -0.163. The van der Waals surface area contributed by atoms with Gasteiger partial charge in [-0.05, 0) is 6.92 Å². The number of amides is 1. The Morgan fingerprint density at radius 2 is 2.36 bits per heavy atom. The molecule has 2 fully saturated rings. The van der Waals surface area contributed by atoms with Crippen LogP contribution in [0.15, 0.2) is 11.5 Å². The van der Waals surface area contributed by atoms with Gasteiger partial charge in [-0.2, -0.15) is 0 Å². The minimum atomic E-state index is -1.11. The number of nitrogens with zero attached hydrogens (tertiary/aromatic N) is 1. The second-order valence-corrected chi connectivity index (χ2v) is 3.37. The first kappa shape index (κ1) is 8.86. The molecule has 0 saturated carbocycles. The summed E-state index contributed by atoms with van der Waals surface area (Å²) >= 11 is 0. The number of rotatable bonds is 1. The zero-order valence-electron chi connectivity index (χ0n) is 7.56. The molecule has 2 rings (SSSR count). The van der Waals surface area contributed by atoms with Crippen LogP contribution in [0, 0.1) is 0 Å². The predicted octanol–water partition coefficient (Wildman–Crippen LogP) is -0.782. The van der Waals surface area contributed by atoms with Gasteiger partial charge >= 0.3 is 5.97 Å². The molecule has 0 bridgehead atoms. The van der Waals surface area contributed by atoms with Crippen LogP contribution in [0.25, 0.3) is 0 Å². The van der Waals surface area contributed by atoms with Crippen LogP contribution >= 0.6 is 0 Å². The summed E-state index contributed by atoms with van der Waals surface area (Å²) < 4.78 is 5.24. The van der Waals surface area contributed by atoms with Gasteiger partial charge in [0.15, 0.2) is 18.0 Å². The van der Waals surface area contributed by atoms with Crippen LogP contribution in [0.4, 0.5) is 0 Å². The topological polar surface area (TPSA) is 92.9 Å². The minimum Gasteiger partial charge on any atom is -0.479 e. The summed E-state index contributed by atoms with van der Waals surface area (Å²) in [5.41, 5.74) is 5.78. The fourth-order valence-electron chi connectivity index (χ4n) is 1.69. The van der Waals surface area contributed by atoms with Crippen molar-refractivity contribution in [1.82, 2.24) is 4.90 Å². The van der Waals surface area contributed by atoms with Crippen LogP contribution in [0.5, 0.6) is 0 Å². The van der Waals surface area contributed by atoms with Crippen molar-refractivity contribution < 1.29 is 19.4 Å². The molecule has 0 aromatic carbocycles. The zero-order chi connectivity index (χ0) is 10.5. The van der Waals surface area contributed by atoms with Crippen molar-refractivity contribution in [2.75, 3.05) is 0 Å². The molecule has 0 spiro atoms. The maximum absolute atomic E-state index is 11.1. The van der Waals surface area contributed by atoms with Crippen molar-refractivity contribution in [2.24, 2.45) is 5.73 Å². The normalized spacial score (nSPS) is 33.2. The van der Waals surface area contributed by atoms with E-state index in [-0.39, 0.29) is 18.1 Å². The number of allylic oxidation sites excluding steroid dienone is 1. The molecule has 2 atom stereocenters. The third-order valence-corrected chi connectivity index (χ3v) is 2.36. The van der Waals surface area contributed by atoms with Gasteiger partial charge < -0.3 is 15.6 Å². The van der Waals surface area contributed by atoms with E-state index >= 15 is 0 Å². The number of nitrogens with two attached hydrogens (primary N) is 1. The molecule has 14 heavy (non-hydrogen) atoms. The number of hydrogen-bond acceptors (Lipinski definition) is 4. The molecule has 6 heteroatoms. The van der Waals surface area contributed by atoms with Crippen molar-refractivity contribution in [1.29, 1.82) is 0 Å². The van der Waals surface area contributed by atoms with E-state index in [0.717, 1.165) is 0 Å². The van der Waals surface area contributed by atoms with Gasteiger partial charge in [0.05, 0.1) is 6.42 Å². The summed E-state index contributed by atoms with van der Waals surface area (Å²) in [6, 6.07) is -1.04. The Labute approximate surface area is 79.9 Å². The average Bonchev–Trinajstić information content (AvgIpc) is 2.37. The van der Waals surface area contributed by atoms with Crippen molar-refractivity contribution in [3.63, 3.8) is 0 Å². The standard InChI is InChI=1S/C8H10N2O4/c1-3(9)7-6(8(12)13)10-4(11)2-5(10)14-7/h5-6H,2,9H2,1H3,(H,12,13)/b7-3-/t5-,6-/m0/s1. The number of carbonyl (C=O) groups excluding carboxylic acids is 1. The van der Waals surface area contributed by atoms with Gasteiger partial charge in [0.25, 0.3) is 0 Å². The van der Waals surface area contributed by atoms with Gasteiger partial charge in [-0.3, -0.25) is 9.69 Å². The number of fused-ring (bicyclic) bond motifs is 1.